The second-order valence-corrected chi connectivity index (χ2v) is 13.4. The summed E-state index contributed by atoms with van der Waals surface area (Å²) in [7, 11) is 1.47. The number of carboxylic acids is 2. The van der Waals surface area contributed by atoms with Crippen molar-refractivity contribution in [3.8, 4) is 33.8 Å². The van der Waals surface area contributed by atoms with Gasteiger partial charge in [-0.25, -0.2) is 22.8 Å². The molecule has 0 saturated heterocycles. The lowest BCUT2D eigenvalue weighted by molar-refractivity contribution is 0.0683. The van der Waals surface area contributed by atoms with E-state index in [0.29, 0.717) is 34.8 Å². The largest absolute Gasteiger partial charge is 0.497 e. The van der Waals surface area contributed by atoms with Crippen LogP contribution in [0.5, 0.6) is 11.5 Å². The van der Waals surface area contributed by atoms with E-state index in [1.807, 2.05) is 6.92 Å². The third kappa shape index (κ3) is 10.5. The first-order valence-electron chi connectivity index (χ1n) is 17.1. The summed E-state index contributed by atoms with van der Waals surface area (Å²) in [5.74, 6) is -6.21. The van der Waals surface area contributed by atoms with Crippen LogP contribution in [0.15, 0.2) is 109 Å². The van der Waals surface area contributed by atoms with Crippen LogP contribution >= 0.6 is 34.8 Å². The molecule has 0 fully saturated rings. The minimum atomic E-state index is -1.45. The number of benzene rings is 6. The number of hydrogen-bond donors (Lipinski definition) is 4. The van der Waals surface area contributed by atoms with Gasteiger partial charge in [0.1, 0.15) is 34.6 Å². The molecule has 0 aliphatic carbocycles. The molecule has 0 bridgehead atoms. The highest BCUT2D eigenvalue weighted by molar-refractivity contribution is 6.42. The number of carbonyl (C=O) groups is 4. The molecule has 6 aromatic rings. The fourth-order valence-electron chi connectivity index (χ4n) is 5.59. The molecule has 0 saturated carbocycles. The Morgan fingerprint density at radius 2 is 1.02 bits per heavy atom. The summed E-state index contributed by atoms with van der Waals surface area (Å²) in [6, 6.07) is 26.2. The van der Waals surface area contributed by atoms with Gasteiger partial charge in [0.25, 0.3) is 11.8 Å². The van der Waals surface area contributed by atoms with Crippen molar-refractivity contribution < 1.29 is 52.0 Å². The Balaban J connectivity index is 0.000000224. The van der Waals surface area contributed by atoms with E-state index < -0.39 is 58.0 Å². The first kappa shape index (κ1) is 43.6. The predicted octanol–water partition coefficient (Wildman–Crippen LogP) is 11.4. The minimum absolute atomic E-state index is 0.0111. The van der Waals surface area contributed by atoms with Gasteiger partial charge < -0.3 is 30.3 Å². The molecule has 2 amide bonds. The second-order valence-electron chi connectivity index (χ2n) is 12.2. The SMILES string of the molecule is CCOc1cccc(-c2cc(F)c(NC(=O)c3ccccc3C(=O)O)c(Cl)c2)c1.COc1cccc(-c2cc(F)c(NC(=O)c3cc(Cl)c(Cl)cc3C(=O)O)c(F)c2)c1. The van der Waals surface area contributed by atoms with E-state index in [0.717, 1.165) is 24.3 Å². The number of methoxy groups -OCH3 is 1. The average Bonchev–Trinajstić information content (AvgIpc) is 3.21. The fourth-order valence-corrected chi connectivity index (χ4v) is 6.18. The summed E-state index contributed by atoms with van der Waals surface area (Å²) in [5.41, 5.74) is -0.150. The predicted molar refractivity (Wildman–Crippen MR) is 219 cm³/mol. The van der Waals surface area contributed by atoms with Crippen molar-refractivity contribution in [2.24, 2.45) is 0 Å². The van der Waals surface area contributed by atoms with E-state index in [-0.39, 0.29) is 37.4 Å². The lowest BCUT2D eigenvalue weighted by Crippen LogP contribution is -2.18. The number of carboxylic acid groups (broad SMARTS) is 2. The molecule has 0 aromatic heterocycles. The average molecular weight is 866 g/mol. The van der Waals surface area contributed by atoms with Crippen molar-refractivity contribution in [3.05, 3.63) is 164 Å². The van der Waals surface area contributed by atoms with Gasteiger partial charge in [-0.15, -0.1) is 0 Å². The summed E-state index contributed by atoms with van der Waals surface area (Å²) in [5, 5.41) is 22.7. The van der Waals surface area contributed by atoms with Gasteiger partial charge >= 0.3 is 11.9 Å². The maximum Gasteiger partial charge on any atom is 0.336 e. The smallest absolute Gasteiger partial charge is 0.336 e. The van der Waals surface area contributed by atoms with Crippen LogP contribution in [0.1, 0.15) is 48.4 Å². The van der Waals surface area contributed by atoms with Crippen molar-refractivity contribution >= 4 is 69.9 Å². The van der Waals surface area contributed by atoms with Crippen LogP contribution in [0.25, 0.3) is 22.3 Å². The van der Waals surface area contributed by atoms with Crippen LogP contribution in [0, 0.1) is 17.5 Å². The Bertz CT molecular complexity index is 2560. The molecule has 4 N–H and O–H groups in total. The van der Waals surface area contributed by atoms with Gasteiger partial charge in [0.05, 0.1) is 56.7 Å². The Kier molecular flexibility index (Phi) is 14.2. The van der Waals surface area contributed by atoms with Crippen LogP contribution in [-0.4, -0.2) is 47.7 Å². The fraction of sp³-hybridized carbons (Fsp3) is 0.0698. The number of carbonyl (C=O) groups excluding carboxylic acids is 2. The quantitative estimate of drug-likeness (QED) is 0.100. The van der Waals surface area contributed by atoms with Crippen molar-refractivity contribution in [2.45, 2.75) is 6.92 Å². The Morgan fingerprint density at radius 3 is 1.56 bits per heavy atom. The van der Waals surface area contributed by atoms with E-state index in [1.165, 1.54) is 43.5 Å². The molecule has 6 aromatic carbocycles. The molecule has 0 spiro atoms. The molecule has 10 nitrogen and oxygen atoms in total. The van der Waals surface area contributed by atoms with Gasteiger partial charge in [0.2, 0.25) is 0 Å². The molecule has 0 heterocycles. The van der Waals surface area contributed by atoms with Crippen LogP contribution in [0.4, 0.5) is 24.5 Å². The molecule has 6 rings (SSSR count). The topological polar surface area (TPSA) is 151 Å². The maximum atomic E-state index is 14.7. The third-order valence-electron chi connectivity index (χ3n) is 8.38. The number of anilines is 2. The van der Waals surface area contributed by atoms with Gasteiger partial charge in [-0.1, -0.05) is 71.2 Å². The van der Waals surface area contributed by atoms with Gasteiger partial charge in [-0.2, -0.15) is 0 Å². The summed E-state index contributed by atoms with van der Waals surface area (Å²) in [6.45, 7) is 2.37. The standard InChI is InChI=1S/C22H17ClFNO4.C21H13Cl2F2NO4/c1-2-29-15-7-5-6-13(10-15)14-11-18(23)20(19(24)12-14)25-21(26)16-8-3-4-9-17(16)22(27)28;1-30-12-4-2-3-10(5-12)11-6-17(24)19(18(25)7-11)26-20(27)13-8-15(22)16(23)9-14(13)21(28)29/h3-12H,2H2,1H3,(H,25,26)(H,27,28);2-9H,1H3,(H,26,27)(H,28,29). The van der Waals surface area contributed by atoms with E-state index in [9.17, 15) is 42.6 Å². The van der Waals surface area contributed by atoms with Crippen LogP contribution in [0.2, 0.25) is 15.1 Å². The van der Waals surface area contributed by atoms with Gasteiger partial charge in [0, 0.05) is 0 Å². The van der Waals surface area contributed by atoms with Crippen molar-refractivity contribution in [2.75, 3.05) is 24.4 Å². The number of hydrogen-bond acceptors (Lipinski definition) is 6. The van der Waals surface area contributed by atoms with Crippen molar-refractivity contribution in [3.63, 3.8) is 0 Å². The highest BCUT2D eigenvalue weighted by Crippen LogP contribution is 2.34. The van der Waals surface area contributed by atoms with Crippen LogP contribution in [0.3, 0.4) is 0 Å². The van der Waals surface area contributed by atoms with Crippen molar-refractivity contribution in [1.29, 1.82) is 0 Å². The van der Waals surface area contributed by atoms with Gasteiger partial charge in [-0.3, -0.25) is 9.59 Å². The number of ether oxygens (including phenoxy) is 2. The Hall–Kier alpha value is -6.54. The van der Waals surface area contributed by atoms with Crippen LogP contribution in [-0.2, 0) is 0 Å². The normalized spacial score (nSPS) is 10.5. The van der Waals surface area contributed by atoms with Crippen LogP contribution < -0.4 is 20.1 Å². The molecule has 0 unspecified atom stereocenters. The third-order valence-corrected chi connectivity index (χ3v) is 9.40. The number of rotatable bonds is 11. The molecular weight excluding hydrogens is 836 g/mol. The van der Waals surface area contributed by atoms with Gasteiger partial charge in [0.15, 0.2) is 0 Å². The molecule has 0 aliphatic rings. The van der Waals surface area contributed by atoms with Crippen molar-refractivity contribution in [1.82, 2.24) is 0 Å². The molecule has 302 valence electrons. The zero-order valence-corrected chi connectivity index (χ0v) is 33.0. The first-order valence-corrected chi connectivity index (χ1v) is 18.3. The molecule has 0 atom stereocenters. The van der Waals surface area contributed by atoms with E-state index in [2.05, 4.69) is 10.6 Å². The minimum Gasteiger partial charge on any atom is -0.497 e. The number of amides is 2. The first-order chi connectivity index (χ1) is 28.1. The molecular formula is C43H30Cl3F3N2O8. The number of halogens is 6. The lowest BCUT2D eigenvalue weighted by Gasteiger charge is -2.12. The number of nitrogens with one attached hydrogen (secondary N) is 2. The van der Waals surface area contributed by atoms with Gasteiger partial charge in [-0.05, 0) is 102 Å². The monoisotopic (exact) mass is 864 g/mol. The molecule has 16 heteroatoms. The Morgan fingerprint density at radius 1 is 0.542 bits per heavy atom. The van der Waals surface area contributed by atoms with E-state index in [1.54, 1.807) is 48.5 Å². The van der Waals surface area contributed by atoms with E-state index in [4.69, 9.17) is 44.3 Å². The summed E-state index contributed by atoms with van der Waals surface area (Å²) in [6.07, 6.45) is 0. The second kappa shape index (κ2) is 19.3. The molecule has 59 heavy (non-hydrogen) atoms. The van der Waals surface area contributed by atoms with E-state index >= 15 is 0 Å². The molecule has 0 aliphatic heterocycles. The highest BCUT2D eigenvalue weighted by Gasteiger charge is 2.23. The lowest BCUT2D eigenvalue weighted by atomic mass is 10.0. The highest BCUT2D eigenvalue weighted by atomic mass is 35.5. The number of aromatic carboxylic acids is 2. The zero-order chi connectivity index (χ0) is 43.0. The zero-order valence-electron chi connectivity index (χ0n) is 30.7. The summed E-state index contributed by atoms with van der Waals surface area (Å²) >= 11 is 17.9. The summed E-state index contributed by atoms with van der Waals surface area (Å²) in [4.78, 5) is 47.7. The molecule has 0 radical (unpaired) electrons. The maximum absolute atomic E-state index is 14.7. The Labute approximate surface area is 349 Å². The summed E-state index contributed by atoms with van der Waals surface area (Å²) < 4.78 is 54.5.